The van der Waals surface area contributed by atoms with Crippen molar-refractivity contribution in [2.75, 3.05) is 12.8 Å². The van der Waals surface area contributed by atoms with Crippen LogP contribution in [-0.2, 0) is 0 Å². The molecule has 0 aliphatic carbocycles. The Morgan fingerprint density at radius 1 is 0.875 bits per heavy atom. The van der Waals surface area contributed by atoms with Crippen molar-refractivity contribution in [3.05, 3.63) is 101 Å². The zero-order valence-electron chi connectivity index (χ0n) is 17.4. The van der Waals surface area contributed by atoms with Crippen molar-refractivity contribution < 1.29 is 9.53 Å². The Hall–Kier alpha value is -3.96. The second-order valence-corrected chi connectivity index (χ2v) is 8.37. The maximum Gasteiger partial charge on any atom is 0.205 e. The first-order chi connectivity index (χ1) is 15.7. The summed E-state index contributed by atoms with van der Waals surface area (Å²) in [5, 5.41) is 0.817. The SMILES string of the molecule is COc1ccc(-c2cc(-c3ccccc3)c3c(N)c(C(=O)c4ccccc4)sc3n2)cc1. The van der Waals surface area contributed by atoms with Crippen LogP contribution in [0.1, 0.15) is 15.2 Å². The van der Waals surface area contributed by atoms with Crippen molar-refractivity contribution in [3.63, 3.8) is 0 Å². The lowest BCUT2D eigenvalue weighted by Crippen LogP contribution is -2.01. The van der Waals surface area contributed by atoms with Crippen molar-refractivity contribution in [2.24, 2.45) is 0 Å². The van der Waals surface area contributed by atoms with E-state index in [1.54, 1.807) is 19.2 Å². The van der Waals surface area contributed by atoms with Crippen LogP contribution in [0.15, 0.2) is 91.0 Å². The highest BCUT2D eigenvalue weighted by molar-refractivity contribution is 7.21. The number of carbonyl (C=O) groups excluding carboxylic acids is 1. The number of carbonyl (C=O) groups is 1. The minimum Gasteiger partial charge on any atom is -0.497 e. The maximum absolute atomic E-state index is 13.2. The number of nitrogens with two attached hydrogens (primary N) is 1. The van der Waals surface area contributed by atoms with Gasteiger partial charge in [-0.25, -0.2) is 4.98 Å². The summed E-state index contributed by atoms with van der Waals surface area (Å²) in [6, 6.07) is 29.1. The lowest BCUT2D eigenvalue weighted by molar-refractivity contribution is 0.104. The second-order valence-electron chi connectivity index (χ2n) is 7.37. The lowest BCUT2D eigenvalue weighted by Gasteiger charge is -2.09. The molecule has 32 heavy (non-hydrogen) atoms. The molecule has 5 aromatic rings. The van der Waals surface area contributed by atoms with Crippen LogP contribution in [0.4, 0.5) is 5.69 Å². The van der Waals surface area contributed by atoms with Crippen LogP contribution in [0.2, 0.25) is 0 Å². The number of nitrogens with zero attached hydrogens (tertiary/aromatic N) is 1. The van der Waals surface area contributed by atoms with Crippen molar-refractivity contribution in [2.45, 2.75) is 0 Å². The molecule has 0 saturated carbocycles. The molecule has 5 heteroatoms. The Morgan fingerprint density at radius 3 is 2.19 bits per heavy atom. The van der Waals surface area contributed by atoms with E-state index in [0.717, 1.165) is 38.4 Å². The summed E-state index contributed by atoms with van der Waals surface area (Å²) in [6.45, 7) is 0. The van der Waals surface area contributed by atoms with Gasteiger partial charge in [0.2, 0.25) is 5.78 Å². The number of hydrogen-bond acceptors (Lipinski definition) is 5. The topological polar surface area (TPSA) is 65.2 Å². The van der Waals surface area contributed by atoms with E-state index in [1.165, 1.54) is 11.3 Å². The average molecular weight is 437 g/mol. The van der Waals surface area contributed by atoms with Crippen LogP contribution in [0, 0.1) is 0 Å². The zero-order chi connectivity index (χ0) is 22.1. The highest BCUT2D eigenvalue weighted by atomic mass is 32.1. The van der Waals surface area contributed by atoms with E-state index >= 15 is 0 Å². The van der Waals surface area contributed by atoms with Crippen LogP contribution in [0.25, 0.3) is 32.6 Å². The molecular weight excluding hydrogens is 416 g/mol. The number of nitrogen functional groups attached to an aromatic ring is 1. The van der Waals surface area contributed by atoms with E-state index < -0.39 is 0 Å². The Balaban J connectivity index is 1.74. The molecule has 4 nitrogen and oxygen atoms in total. The number of anilines is 1. The predicted octanol–water partition coefficient (Wildman–Crippen LogP) is 6.45. The summed E-state index contributed by atoms with van der Waals surface area (Å²) in [7, 11) is 1.65. The molecule has 0 atom stereocenters. The molecule has 0 aliphatic heterocycles. The first-order valence-electron chi connectivity index (χ1n) is 10.2. The third kappa shape index (κ3) is 3.53. The van der Waals surface area contributed by atoms with Gasteiger partial charge < -0.3 is 10.5 Å². The molecule has 0 bridgehead atoms. The van der Waals surface area contributed by atoms with E-state index in [0.29, 0.717) is 16.1 Å². The molecule has 5 rings (SSSR count). The van der Waals surface area contributed by atoms with Gasteiger partial charge in [0.05, 0.1) is 18.5 Å². The average Bonchev–Trinajstić information content (AvgIpc) is 3.20. The number of ether oxygens (including phenoxy) is 1. The molecule has 2 aromatic heterocycles. The minimum atomic E-state index is -0.0869. The second kappa shape index (κ2) is 8.29. The number of ketones is 1. The first-order valence-corrected chi connectivity index (χ1v) is 11.0. The standard InChI is InChI=1S/C27H20N2O2S/c1-31-20-14-12-18(13-15-20)22-16-21(17-8-4-2-5-9-17)23-24(28)26(32-27(23)29-22)25(30)19-10-6-3-7-11-19/h2-16H,28H2,1H3. The van der Waals surface area contributed by atoms with Crippen molar-refractivity contribution in [1.29, 1.82) is 0 Å². The summed E-state index contributed by atoms with van der Waals surface area (Å²) in [6.07, 6.45) is 0. The van der Waals surface area contributed by atoms with Crippen LogP contribution < -0.4 is 10.5 Å². The molecule has 2 heterocycles. The normalized spacial score (nSPS) is 10.9. The van der Waals surface area contributed by atoms with Crippen molar-refractivity contribution >= 4 is 33.0 Å². The van der Waals surface area contributed by atoms with Crippen LogP contribution >= 0.6 is 11.3 Å². The van der Waals surface area contributed by atoms with Gasteiger partial charge in [-0.15, -0.1) is 11.3 Å². The number of aromatic nitrogens is 1. The zero-order valence-corrected chi connectivity index (χ0v) is 18.2. The van der Waals surface area contributed by atoms with Crippen LogP contribution in [-0.4, -0.2) is 17.9 Å². The number of hydrogen-bond donors (Lipinski definition) is 1. The number of methoxy groups -OCH3 is 1. The monoisotopic (exact) mass is 436 g/mol. The minimum absolute atomic E-state index is 0.0869. The number of rotatable bonds is 5. The number of thiophene rings is 1. The highest BCUT2D eigenvalue weighted by Crippen LogP contribution is 2.42. The molecule has 0 spiro atoms. The molecule has 0 amide bonds. The van der Waals surface area contributed by atoms with Gasteiger partial charge in [-0.05, 0) is 41.5 Å². The molecule has 0 unspecified atom stereocenters. The lowest BCUT2D eigenvalue weighted by atomic mass is 9.99. The molecule has 0 fully saturated rings. The van der Waals surface area contributed by atoms with E-state index in [2.05, 4.69) is 0 Å². The molecule has 0 radical (unpaired) electrons. The Bertz CT molecular complexity index is 1410. The van der Waals surface area contributed by atoms with Gasteiger partial charge in [0.25, 0.3) is 0 Å². The fourth-order valence-corrected chi connectivity index (χ4v) is 4.85. The third-order valence-corrected chi connectivity index (χ3v) is 6.51. The van der Waals surface area contributed by atoms with Gasteiger partial charge in [-0.2, -0.15) is 0 Å². The molecule has 156 valence electrons. The van der Waals surface area contributed by atoms with Crippen molar-refractivity contribution in [3.8, 4) is 28.1 Å². The first kappa shape index (κ1) is 20.0. The molecule has 0 aliphatic rings. The van der Waals surface area contributed by atoms with E-state index in [-0.39, 0.29) is 5.78 Å². The molecular formula is C27H20N2O2S. The Kier molecular flexibility index (Phi) is 5.17. The predicted molar refractivity (Wildman–Crippen MR) is 131 cm³/mol. The van der Waals surface area contributed by atoms with Gasteiger partial charge in [0.15, 0.2) is 0 Å². The fraction of sp³-hybridized carbons (Fsp3) is 0.0370. The maximum atomic E-state index is 13.2. The van der Waals surface area contributed by atoms with Crippen LogP contribution in [0.3, 0.4) is 0 Å². The summed E-state index contributed by atoms with van der Waals surface area (Å²) >= 11 is 1.34. The molecule has 0 saturated heterocycles. The van der Waals surface area contributed by atoms with Gasteiger partial charge >= 0.3 is 0 Å². The fourth-order valence-electron chi connectivity index (χ4n) is 3.77. The van der Waals surface area contributed by atoms with Gasteiger partial charge in [-0.1, -0.05) is 60.7 Å². The summed E-state index contributed by atoms with van der Waals surface area (Å²) in [4.78, 5) is 19.3. The Morgan fingerprint density at radius 2 is 1.53 bits per heavy atom. The number of pyridine rings is 1. The quantitative estimate of drug-likeness (QED) is 0.322. The van der Waals surface area contributed by atoms with Crippen LogP contribution in [0.5, 0.6) is 5.75 Å². The van der Waals surface area contributed by atoms with Gasteiger partial charge in [0.1, 0.15) is 15.5 Å². The third-order valence-electron chi connectivity index (χ3n) is 5.41. The molecule has 2 N–H and O–H groups in total. The molecule has 3 aromatic carbocycles. The van der Waals surface area contributed by atoms with Gasteiger partial charge in [-0.3, -0.25) is 4.79 Å². The highest BCUT2D eigenvalue weighted by Gasteiger charge is 2.22. The summed E-state index contributed by atoms with van der Waals surface area (Å²) in [5.74, 6) is 0.699. The van der Waals surface area contributed by atoms with E-state index in [9.17, 15) is 4.79 Å². The largest absolute Gasteiger partial charge is 0.497 e. The Labute approximate surface area is 189 Å². The number of benzene rings is 3. The summed E-state index contributed by atoms with van der Waals surface area (Å²) < 4.78 is 5.28. The summed E-state index contributed by atoms with van der Waals surface area (Å²) in [5.41, 5.74) is 11.4. The van der Waals surface area contributed by atoms with E-state index in [4.69, 9.17) is 15.5 Å². The van der Waals surface area contributed by atoms with E-state index in [1.807, 2.05) is 78.9 Å². The smallest absolute Gasteiger partial charge is 0.205 e. The van der Waals surface area contributed by atoms with Gasteiger partial charge in [0, 0.05) is 16.5 Å². The van der Waals surface area contributed by atoms with Crippen molar-refractivity contribution in [1.82, 2.24) is 4.98 Å². The number of fused-ring (bicyclic) bond motifs is 1.